The highest BCUT2D eigenvalue weighted by molar-refractivity contribution is 5.03. The minimum Gasteiger partial charge on any atom is -0.379 e. The predicted octanol–water partition coefficient (Wildman–Crippen LogP) is -0.0303. The van der Waals surface area contributed by atoms with Crippen molar-refractivity contribution in [2.75, 3.05) is 26.8 Å². The van der Waals surface area contributed by atoms with Crippen LogP contribution < -0.4 is 5.73 Å². The van der Waals surface area contributed by atoms with Gasteiger partial charge in [-0.1, -0.05) is 0 Å². The lowest BCUT2D eigenvalue weighted by atomic mass is 10.00. The van der Waals surface area contributed by atoms with Gasteiger partial charge < -0.3 is 15.4 Å². The first kappa shape index (κ1) is 11.6. The zero-order valence-corrected chi connectivity index (χ0v) is 10.0. The molecule has 5 heteroatoms. The highest BCUT2D eigenvalue weighted by Gasteiger charge is 2.31. The Morgan fingerprint density at radius 1 is 1.69 bits per heavy atom. The summed E-state index contributed by atoms with van der Waals surface area (Å²) in [6, 6.07) is 0. The predicted molar refractivity (Wildman–Crippen MR) is 61.9 cm³/mol. The van der Waals surface area contributed by atoms with Crippen molar-refractivity contribution >= 4 is 0 Å². The lowest BCUT2D eigenvalue weighted by molar-refractivity contribution is 0.159. The van der Waals surface area contributed by atoms with Gasteiger partial charge in [-0.3, -0.25) is 4.68 Å². The van der Waals surface area contributed by atoms with Gasteiger partial charge in [0.25, 0.3) is 0 Å². The first-order valence-corrected chi connectivity index (χ1v) is 5.60. The molecule has 1 aromatic heterocycles. The highest BCUT2D eigenvalue weighted by atomic mass is 16.5. The Balaban J connectivity index is 1.86. The molecule has 5 nitrogen and oxygen atoms in total. The van der Waals surface area contributed by atoms with Crippen molar-refractivity contribution in [1.29, 1.82) is 0 Å². The highest BCUT2D eigenvalue weighted by Crippen LogP contribution is 2.17. The van der Waals surface area contributed by atoms with E-state index in [-0.39, 0.29) is 5.54 Å². The molecular formula is C11H20N4O. The Kier molecular flexibility index (Phi) is 3.28. The molecule has 1 aliphatic rings. The summed E-state index contributed by atoms with van der Waals surface area (Å²) in [5.74, 6) is 0. The number of ether oxygens (including phenoxy) is 1. The average Bonchev–Trinajstić information content (AvgIpc) is 2.75. The zero-order valence-electron chi connectivity index (χ0n) is 10.0. The summed E-state index contributed by atoms with van der Waals surface area (Å²) >= 11 is 0. The Bertz CT molecular complexity index is 344. The molecule has 2 rings (SSSR count). The second kappa shape index (κ2) is 4.53. The van der Waals surface area contributed by atoms with E-state index in [1.807, 2.05) is 24.1 Å². The molecule has 1 aromatic rings. The molecule has 90 valence electrons. The Hall–Kier alpha value is -0.910. The largest absolute Gasteiger partial charge is 0.379 e. The summed E-state index contributed by atoms with van der Waals surface area (Å²) < 4.78 is 7.17. The van der Waals surface area contributed by atoms with E-state index >= 15 is 0 Å². The van der Waals surface area contributed by atoms with Gasteiger partial charge in [0, 0.05) is 38.5 Å². The van der Waals surface area contributed by atoms with E-state index in [0.29, 0.717) is 6.61 Å². The fraction of sp³-hybridized carbons (Fsp3) is 0.727. The van der Waals surface area contributed by atoms with E-state index < -0.39 is 0 Å². The van der Waals surface area contributed by atoms with Gasteiger partial charge in [-0.25, -0.2) is 0 Å². The first-order valence-electron chi connectivity index (χ1n) is 5.60. The second-order valence-corrected chi connectivity index (χ2v) is 4.86. The third-order valence-electron chi connectivity index (χ3n) is 2.93. The Morgan fingerprint density at radius 2 is 2.50 bits per heavy atom. The maximum atomic E-state index is 6.23. The van der Waals surface area contributed by atoms with Crippen LogP contribution in [0.15, 0.2) is 12.4 Å². The average molecular weight is 224 g/mol. The summed E-state index contributed by atoms with van der Waals surface area (Å²) in [6.45, 7) is 3.20. The van der Waals surface area contributed by atoms with Gasteiger partial charge in [-0.05, 0) is 13.5 Å². The van der Waals surface area contributed by atoms with Crippen LogP contribution in [-0.2, 0) is 18.3 Å². The maximum absolute atomic E-state index is 6.23. The van der Waals surface area contributed by atoms with E-state index in [2.05, 4.69) is 17.0 Å². The number of aryl methyl sites for hydroxylation is 1. The van der Waals surface area contributed by atoms with Crippen molar-refractivity contribution in [2.24, 2.45) is 12.8 Å². The third-order valence-corrected chi connectivity index (χ3v) is 2.93. The molecule has 0 aliphatic carbocycles. The molecule has 16 heavy (non-hydrogen) atoms. The van der Waals surface area contributed by atoms with Gasteiger partial charge in [0.1, 0.15) is 0 Å². The van der Waals surface area contributed by atoms with E-state index in [4.69, 9.17) is 10.5 Å². The molecule has 0 saturated carbocycles. The molecule has 1 fully saturated rings. The quantitative estimate of drug-likeness (QED) is 0.780. The SMILES string of the molecule is CN(Cc1cnn(C)c1)CC1(N)CCOC1. The molecule has 1 aliphatic heterocycles. The van der Waals surface area contributed by atoms with Gasteiger partial charge in [0.05, 0.1) is 18.3 Å². The Labute approximate surface area is 96.2 Å². The third kappa shape index (κ3) is 2.81. The van der Waals surface area contributed by atoms with Crippen LogP contribution in [0.5, 0.6) is 0 Å². The van der Waals surface area contributed by atoms with Crippen LogP contribution in [0.1, 0.15) is 12.0 Å². The number of hydrogen-bond acceptors (Lipinski definition) is 4. The van der Waals surface area contributed by atoms with E-state index in [9.17, 15) is 0 Å². The maximum Gasteiger partial charge on any atom is 0.0659 e. The standard InChI is InChI=1S/C11H20N4O/c1-14(6-10-5-13-15(2)7-10)8-11(12)3-4-16-9-11/h5,7H,3-4,6,8-9,12H2,1-2H3. The molecule has 2 heterocycles. The van der Waals surface area contributed by atoms with Gasteiger partial charge in [-0.15, -0.1) is 0 Å². The molecule has 0 bridgehead atoms. The smallest absolute Gasteiger partial charge is 0.0659 e. The van der Waals surface area contributed by atoms with E-state index in [0.717, 1.165) is 26.1 Å². The lowest BCUT2D eigenvalue weighted by Gasteiger charge is -2.28. The number of nitrogens with two attached hydrogens (primary N) is 1. The number of likely N-dealkylation sites (N-methyl/N-ethyl adjacent to an activating group) is 1. The number of hydrogen-bond donors (Lipinski definition) is 1. The summed E-state index contributed by atoms with van der Waals surface area (Å²) in [6.07, 6.45) is 4.88. The van der Waals surface area contributed by atoms with Gasteiger partial charge in [-0.2, -0.15) is 5.10 Å². The van der Waals surface area contributed by atoms with Crippen LogP contribution >= 0.6 is 0 Å². The normalized spacial score (nSPS) is 25.5. The minimum absolute atomic E-state index is 0.170. The van der Waals surface area contributed by atoms with Gasteiger partial charge >= 0.3 is 0 Å². The molecular weight excluding hydrogens is 204 g/mol. The van der Waals surface area contributed by atoms with Crippen LogP contribution in [-0.4, -0.2) is 47.0 Å². The topological polar surface area (TPSA) is 56.3 Å². The van der Waals surface area contributed by atoms with Crippen LogP contribution in [0.25, 0.3) is 0 Å². The van der Waals surface area contributed by atoms with Crippen LogP contribution in [0.4, 0.5) is 0 Å². The van der Waals surface area contributed by atoms with Crippen molar-refractivity contribution in [3.05, 3.63) is 18.0 Å². The van der Waals surface area contributed by atoms with Crippen LogP contribution in [0, 0.1) is 0 Å². The summed E-state index contributed by atoms with van der Waals surface area (Å²) in [4.78, 5) is 2.23. The van der Waals surface area contributed by atoms with Gasteiger partial charge in [0.15, 0.2) is 0 Å². The van der Waals surface area contributed by atoms with E-state index in [1.165, 1.54) is 5.56 Å². The molecule has 1 unspecified atom stereocenters. The zero-order chi connectivity index (χ0) is 11.6. The summed E-state index contributed by atoms with van der Waals surface area (Å²) in [5.41, 5.74) is 7.28. The summed E-state index contributed by atoms with van der Waals surface area (Å²) in [7, 11) is 4.01. The van der Waals surface area contributed by atoms with E-state index in [1.54, 1.807) is 0 Å². The molecule has 0 radical (unpaired) electrons. The molecule has 2 N–H and O–H groups in total. The van der Waals surface area contributed by atoms with Crippen molar-refractivity contribution in [1.82, 2.24) is 14.7 Å². The Morgan fingerprint density at radius 3 is 3.06 bits per heavy atom. The van der Waals surface area contributed by atoms with Crippen molar-refractivity contribution in [3.8, 4) is 0 Å². The van der Waals surface area contributed by atoms with Crippen molar-refractivity contribution in [3.63, 3.8) is 0 Å². The molecule has 0 aromatic carbocycles. The molecule has 1 saturated heterocycles. The molecule has 0 amide bonds. The number of rotatable bonds is 4. The summed E-state index contributed by atoms with van der Waals surface area (Å²) in [5, 5.41) is 4.15. The van der Waals surface area contributed by atoms with Crippen molar-refractivity contribution in [2.45, 2.75) is 18.5 Å². The lowest BCUT2D eigenvalue weighted by Crippen LogP contribution is -2.49. The molecule has 0 spiro atoms. The van der Waals surface area contributed by atoms with Crippen LogP contribution in [0.3, 0.4) is 0 Å². The monoisotopic (exact) mass is 224 g/mol. The number of nitrogens with zero attached hydrogens (tertiary/aromatic N) is 3. The molecule has 1 atom stereocenters. The minimum atomic E-state index is -0.170. The fourth-order valence-electron chi connectivity index (χ4n) is 2.21. The number of aromatic nitrogens is 2. The van der Waals surface area contributed by atoms with Gasteiger partial charge in [0.2, 0.25) is 0 Å². The first-order chi connectivity index (χ1) is 7.57. The fourth-order valence-corrected chi connectivity index (χ4v) is 2.21. The van der Waals surface area contributed by atoms with Crippen LogP contribution in [0.2, 0.25) is 0 Å². The van der Waals surface area contributed by atoms with Crippen molar-refractivity contribution < 1.29 is 4.74 Å². The second-order valence-electron chi connectivity index (χ2n) is 4.86.